The highest BCUT2D eigenvalue weighted by molar-refractivity contribution is 5.68. The Hall–Kier alpha value is -5.42. The van der Waals surface area contributed by atoms with Gasteiger partial charge in [-0.2, -0.15) is 8.78 Å². The average Bonchev–Trinajstić information content (AvgIpc) is 3.93. The van der Waals surface area contributed by atoms with Gasteiger partial charge in [0, 0.05) is 52.1 Å². The lowest BCUT2D eigenvalue weighted by atomic mass is 9.86. The first kappa shape index (κ1) is 41.7. The van der Waals surface area contributed by atoms with Crippen LogP contribution in [0.1, 0.15) is 82.7 Å². The molecular formula is C39H44F2N2O13. The first-order valence-corrected chi connectivity index (χ1v) is 17.8. The Balaban J connectivity index is 1.45. The molecule has 2 aliphatic rings. The highest BCUT2D eigenvalue weighted by Gasteiger charge is 2.53. The Morgan fingerprint density at radius 2 is 1.46 bits per heavy atom. The van der Waals surface area contributed by atoms with E-state index in [9.17, 15) is 33.1 Å². The van der Waals surface area contributed by atoms with E-state index in [4.69, 9.17) is 37.9 Å². The quantitative estimate of drug-likeness (QED) is 0.156. The SMILES string of the molecule is CC(=O)OCC1O[C@@H](Oc2ccc(C[C@H](c3ccc(C(C)(C)O)nc3)c3ccc(OC(F)F)c(OC4CC4)c3)cn2)[C@H](OC(C)=O)C(OC(C)=O)[C@H]1OC(C)=O. The lowest BCUT2D eigenvalue weighted by molar-refractivity contribution is -0.289. The number of esters is 4. The van der Waals surface area contributed by atoms with Crippen molar-refractivity contribution in [3.05, 3.63) is 77.2 Å². The van der Waals surface area contributed by atoms with Crippen LogP contribution in [0.15, 0.2) is 54.9 Å². The molecule has 3 aromatic rings. The molecule has 2 fully saturated rings. The topological polar surface area (TPSA) is 188 Å². The molecule has 0 radical (unpaired) electrons. The van der Waals surface area contributed by atoms with Crippen LogP contribution in [-0.2, 0) is 54.9 Å². The van der Waals surface area contributed by atoms with Gasteiger partial charge >= 0.3 is 30.5 Å². The fourth-order valence-corrected chi connectivity index (χ4v) is 6.03. The highest BCUT2D eigenvalue weighted by Crippen LogP contribution is 2.39. The van der Waals surface area contributed by atoms with Gasteiger partial charge in [-0.1, -0.05) is 18.2 Å². The van der Waals surface area contributed by atoms with E-state index < -0.39 is 79.3 Å². The van der Waals surface area contributed by atoms with Crippen LogP contribution in [0.2, 0.25) is 0 Å². The number of hydrogen-bond acceptors (Lipinski definition) is 15. The zero-order valence-electron chi connectivity index (χ0n) is 31.6. The van der Waals surface area contributed by atoms with Crippen LogP contribution in [0, 0.1) is 0 Å². The predicted molar refractivity (Wildman–Crippen MR) is 189 cm³/mol. The fraction of sp³-hybridized carbons (Fsp3) is 0.487. The molecule has 2 aromatic heterocycles. The molecule has 15 nitrogen and oxygen atoms in total. The van der Waals surface area contributed by atoms with E-state index in [-0.39, 0.29) is 23.5 Å². The third kappa shape index (κ3) is 11.6. The van der Waals surface area contributed by atoms with Gasteiger partial charge < -0.3 is 43.0 Å². The summed E-state index contributed by atoms with van der Waals surface area (Å²) in [7, 11) is 0. The Bertz CT molecular complexity index is 1850. The predicted octanol–water partition coefficient (Wildman–Crippen LogP) is 4.68. The van der Waals surface area contributed by atoms with Crippen LogP contribution in [0.5, 0.6) is 17.4 Å². The van der Waals surface area contributed by atoms with E-state index in [0.717, 1.165) is 46.1 Å². The van der Waals surface area contributed by atoms with Gasteiger partial charge in [0.15, 0.2) is 23.7 Å². The fourth-order valence-electron chi connectivity index (χ4n) is 6.03. The third-order valence-corrected chi connectivity index (χ3v) is 8.64. The van der Waals surface area contributed by atoms with Crippen LogP contribution in [-0.4, -0.2) is 89.0 Å². The second-order valence-electron chi connectivity index (χ2n) is 13.9. The standard InChI is InChI=1S/C39H44F2N2O13/c1-20(44)49-19-31-34(50-21(2)45)35(51-22(3)46)36(52-23(4)47)37(54-31)56-33-14-7-24(17-43-33)15-28(26-9-13-32(42-18-26)39(5,6)48)25-8-12-29(55-38(40)41)30(16-25)53-27-10-11-27/h7-9,12-14,16-18,27-28,31,34-38,48H,10-11,15,19H2,1-6H3/t28-,31?,34-,35?,36+,37-/m0/s1. The second kappa shape index (κ2) is 18.0. The molecule has 3 heterocycles. The summed E-state index contributed by atoms with van der Waals surface area (Å²) in [6.07, 6.45) is -1.96. The van der Waals surface area contributed by atoms with Crippen molar-refractivity contribution in [2.45, 2.75) is 116 Å². The molecule has 1 aromatic carbocycles. The number of rotatable bonds is 16. The molecule has 2 unspecified atom stereocenters. The number of aromatic nitrogens is 2. The first-order chi connectivity index (χ1) is 26.5. The molecule has 1 saturated heterocycles. The third-order valence-electron chi connectivity index (χ3n) is 8.64. The van der Waals surface area contributed by atoms with Crippen LogP contribution in [0.25, 0.3) is 0 Å². The first-order valence-electron chi connectivity index (χ1n) is 17.8. The normalized spacial score (nSPS) is 21.4. The van der Waals surface area contributed by atoms with Crippen LogP contribution in [0.4, 0.5) is 8.78 Å². The molecule has 17 heteroatoms. The summed E-state index contributed by atoms with van der Waals surface area (Å²) >= 11 is 0. The molecule has 56 heavy (non-hydrogen) atoms. The van der Waals surface area contributed by atoms with E-state index in [1.807, 2.05) is 6.07 Å². The van der Waals surface area contributed by atoms with Crippen molar-refractivity contribution in [2.75, 3.05) is 6.61 Å². The van der Waals surface area contributed by atoms with Gasteiger partial charge in [0.2, 0.25) is 18.3 Å². The molecule has 1 aliphatic heterocycles. The van der Waals surface area contributed by atoms with Gasteiger partial charge in [-0.15, -0.1) is 0 Å². The van der Waals surface area contributed by atoms with Gasteiger partial charge in [0.1, 0.15) is 18.3 Å². The van der Waals surface area contributed by atoms with E-state index in [0.29, 0.717) is 23.2 Å². The summed E-state index contributed by atoms with van der Waals surface area (Å²) in [4.78, 5) is 57.1. The van der Waals surface area contributed by atoms with Crippen molar-refractivity contribution in [1.82, 2.24) is 9.97 Å². The molecule has 0 amide bonds. The number of nitrogens with zero attached hydrogens (tertiary/aromatic N) is 2. The summed E-state index contributed by atoms with van der Waals surface area (Å²) in [5.41, 5.74) is 1.41. The number of carbonyl (C=O) groups excluding carboxylic acids is 4. The molecular weight excluding hydrogens is 742 g/mol. The van der Waals surface area contributed by atoms with E-state index in [2.05, 4.69) is 9.97 Å². The summed E-state index contributed by atoms with van der Waals surface area (Å²) in [6, 6.07) is 11.5. The highest BCUT2D eigenvalue weighted by atomic mass is 19.3. The number of halogens is 2. The van der Waals surface area contributed by atoms with Crippen LogP contribution < -0.4 is 14.2 Å². The Morgan fingerprint density at radius 3 is 2.02 bits per heavy atom. The van der Waals surface area contributed by atoms with Gasteiger partial charge in [-0.25, -0.2) is 4.98 Å². The average molecular weight is 787 g/mol. The molecule has 0 spiro atoms. The van der Waals surface area contributed by atoms with Crippen LogP contribution in [0.3, 0.4) is 0 Å². The summed E-state index contributed by atoms with van der Waals surface area (Å²) < 4.78 is 70.7. The van der Waals surface area contributed by atoms with Crippen LogP contribution >= 0.6 is 0 Å². The Labute approximate surface area is 321 Å². The maximum atomic E-state index is 13.3. The zero-order chi connectivity index (χ0) is 40.7. The van der Waals surface area contributed by atoms with Crippen molar-refractivity contribution in [2.24, 2.45) is 0 Å². The molecule has 6 atom stereocenters. The lowest BCUT2D eigenvalue weighted by Crippen LogP contribution is -2.63. The summed E-state index contributed by atoms with van der Waals surface area (Å²) in [6.45, 7) is 4.27. The molecule has 0 bridgehead atoms. The number of ether oxygens (including phenoxy) is 8. The molecule has 1 saturated carbocycles. The molecule has 302 valence electrons. The number of alkyl halides is 2. The maximum absolute atomic E-state index is 13.3. The van der Waals surface area contributed by atoms with Gasteiger partial charge in [-0.05, 0) is 68.0 Å². The van der Waals surface area contributed by atoms with Gasteiger partial charge in [-0.3, -0.25) is 24.2 Å². The Kier molecular flexibility index (Phi) is 13.4. The van der Waals surface area contributed by atoms with Crippen molar-refractivity contribution < 1.29 is 71.0 Å². The molecule has 1 N–H and O–H groups in total. The minimum Gasteiger partial charge on any atom is -0.487 e. The summed E-state index contributed by atoms with van der Waals surface area (Å²) in [5.74, 6) is -3.33. The van der Waals surface area contributed by atoms with Gasteiger partial charge in [0.05, 0.1) is 11.8 Å². The number of hydrogen-bond donors (Lipinski definition) is 1. The van der Waals surface area contributed by atoms with E-state index in [1.165, 1.54) is 18.3 Å². The van der Waals surface area contributed by atoms with E-state index in [1.54, 1.807) is 44.3 Å². The number of carbonyl (C=O) groups is 4. The van der Waals surface area contributed by atoms with Crippen molar-refractivity contribution in [3.8, 4) is 17.4 Å². The number of benzene rings is 1. The zero-order valence-corrected chi connectivity index (χ0v) is 31.6. The summed E-state index contributed by atoms with van der Waals surface area (Å²) in [5, 5.41) is 10.5. The second-order valence-corrected chi connectivity index (χ2v) is 13.9. The number of pyridine rings is 2. The van der Waals surface area contributed by atoms with Crippen molar-refractivity contribution >= 4 is 23.9 Å². The minimum atomic E-state index is -3.05. The van der Waals surface area contributed by atoms with Crippen molar-refractivity contribution in [1.29, 1.82) is 0 Å². The lowest BCUT2D eigenvalue weighted by Gasteiger charge is -2.43. The maximum Gasteiger partial charge on any atom is 0.387 e. The van der Waals surface area contributed by atoms with Gasteiger partial charge in [0.25, 0.3) is 0 Å². The molecule has 5 rings (SSSR count). The van der Waals surface area contributed by atoms with E-state index >= 15 is 0 Å². The Morgan fingerprint density at radius 1 is 0.804 bits per heavy atom. The monoisotopic (exact) mass is 786 g/mol. The molecule has 1 aliphatic carbocycles. The number of aliphatic hydroxyl groups is 1. The smallest absolute Gasteiger partial charge is 0.387 e. The van der Waals surface area contributed by atoms with Crippen molar-refractivity contribution in [3.63, 3.8) is 0 Å². The largest absolute Gasteiger partial charge is 0.487 e. The minimum absolute atomic E-state index is 0.00369.